The van der Waals surface area contributed by atoms with Gasteiger partial charge in [-0.25, -0.2) is 4.79 Å². The van der Waals surface area contributed by atoms with Crippen LogP contribution < -0.4 is 18.9 Å². The molecule has 0 unspecified atom stereocenters. The van der Waals surface area contributed by atoms with E-state index in [0.717, 1.165) is 53.0 Å². The summed E-state index contributed by atoms with van der Waals surface area (Å²) in [6, 6.07) is 18.8. The molecule has 316 valence electrons. The third kappa shape index (κ3) is 8.94. The highest BCUT2D eigenvalue weighted by Crippen LogP contribution is 2.62. The van der Waals surface area contributed by atoms with Crippen LogP contribution in [0.5, 0.6) is 28.7 Å². The molecule has 13 heteroatoms. The van der Waals surface area contributed by atoms with Crippen LogP contribution in [-0.4, -0.2) is 85.3 Å². The van der Waals surface area contributed by atoms with Gasteiger partial charge < -0.3 is 43.5 Å². The fourth-order valence-corrected chi connectivity index (χ4v) is 9.70. The number of carbonyl (C=O) groups is 1. The lowest BCUT2D eigenvalue weighted by Gasteiger charge is -2.59. The molecule has 1 saturated carbocycles. The zero-order valence-electron chi connectivity index (χ0n) is 34.2. The van der Waals surface area contributed by atoms with Crippen molar-refractivity contribution >= 4 is 23.6 Å². The molecule has 1 fully saturated rings. The van der Waals surface area contributed by atoms with Gasteiger partial charge >= 0.3 is 6.09 Å². The molecule has 12 nitrogen and oxygen atoms in total. The molecule has 1 amide bonds. The number of thioether (sulfide) groups is 1. The zero-order chi connectivity index (χ0) is 41.4. The fraction of sp³-hybridized carbons (Fsp3) is 0.478. The van der Waals surface area contributed by atoms with Crippen LogP contribution >= 0.6 is 11.8 Å². The maximum atomic E-state index is 14.2. The molecule has 2 heterocycles. The molecule has 7 rings (SSSR count). The number of benzene rings is 3. The third-order valence-corrected chi connectivity index (χ3v) is 12.6. The van der Waals surface area contributed by atoms with Gasteiger partial charge in [-0.3, -0.25) is 4.90 Å². The Morgan fingerprint density at radius 1 is 0.983 bits per heavy atom. The zero-order valence-corrected chi connectivity index (χ0v) is 35.0. The summed E-state index contributed by atoms with van der Waals surface area (Å²) in [5.74, 6) is 1.30. The number of carbonyl (C=O) groups excluding carboxylic acids is 1. The van der Waals surface area contributed by atoms with Crippen LogP contribution in [0.4, 0.5) is 4.79 Å². The molecule has 2 N–H and O–H groups in total. The number of rotatable bonds is 19. The summed E-state index contributed by atoms with van der Waals surface area (Å²) in [7, 11) is 1.38. The van der Waals surface area contributed by atoms with Crippen molar-refractivity contribution in [3.05, 3.63) is 96.1 Å². The molecule has 0 saturated heterocycles. The molecule has 3 aromatic carbocycles. The number of hydrogen-bond donors (Lipinski definition) is 2. The minimum atomic E-state index is -1.44. The maximum Gasteiger partial charge on any atom is 0.410 e. The molecule has 0 aromatic heterocycles. The second-order valence-corrected chi connectivity index (χ2v) is 16.1. The summed E-state index contributed by atoms with van der Waals surface area (Å²) >= 11 is 1.67. The van der Waals surface area contributed by atoms with Gasteiger partial charge in [-0.1, -0.05) is 36.2 Å². The van der Waals surface area contributed by atoms with E-state index in [1.54, 1.807) is 22.7 Å². The smallest absolute Gasteiger partial charge is 0.410 e. The first kappa shape index (κ1) is 42.4. The van der Waals surface area contributed by atoms with Crippen molar-refractivity contribution in [3.63, 3.8) is 0 Å². The number of ether oxygens (including phenoxy) is 6. The van der Waals surface area contributed by atoms with Crippen molar-refractivity contribution in [2.45, 2.75) is 81.1 Å². The largest absolute Gasteiger partial charge is 0.459 e. The Morgan fingerprint density at radius 2 is 1.73 bits per heavy atom. The Balaban J connectivity index is 1.42. The van der Waals surface area contributed by atoms with Crippen LogP contribution in [0, 0.1) is 17.8 Å². The molecule has 2 aliphatic carbocycles. The summed E-state index contributed by atoms with van der Waals surface area (Å²) in [5, 5.41) is 24.6. The average Bonchev–Trinajstić information content (AvgIpc) is 3.74. The van der Waals surface area contributed by atoms with Gasteiger partial charge in [-0.15, -0.1) is 18.3 Å². The van der Waals surface area contributed by atoms with E-state index in [4.69, 9.17) is 38.4 Å². The highest BCUT2D eigenvalue weighted by Gasteiger charge is 2.65. The van der Waals surface area contributed by atoms with Crippen molar-refractivity contribution < 1.29 is 48.3 Å². The van der Waals surface area contributed by atoms with Crippen LogP contribution in [0.25, 0.3) is 0 Å². The van der Waals surface area contributed by atoms with E-state index < -0.39 is 23.8 Å². The molecule has 0 bridgehead atoms. The molecule has 59 heavy (non-hydrogen) atoms. The molecule has 4 aliphatic rings. The normalized spacial score (nSPS) is 24.3. The van der Waals surface area contributed by atoms with Crippen LogP contribution in [0.3, 0.4) is 0 Å². The quantitative estimate of drug-likeness (QED) is 0.0519. The Kier molecular flexibility index (Phi) is 14.1. The molecular weight excluding hydrogens is 773 g/mol. The van der Waals surface area contributed by atoms with Gasteiger partial charge in [0, 0.05) is 42.6 Å². The topological polar surface area (TPSA) is 138 Å². The van der Waals surface area contributed by atoms with Crippen molar-refractivity contribution in [2.24, 2.45) is 22.9 Å². The monoisotopic (exact) mass is 828 g/mol. The van der Waals surface area contributed by atoms with Crippen molar-refractivity contribution in [1.29, 1.82) is 0 Å². The predicted molar refractivity (Wildman–Crippen MR) is 225 cm³/mol. The van der Waals surface area contributed by atoms with E-state index >= 15 is 0 Å². The highest BCUT2D eigenvalue weighted by atomic mass is 32.2. The molecule has 0 radical (unpaired) electrons. The number of hydrogen-bond acceptors (Lipinski definition) is 12. The Morgan fingerprint density at radius 3 is 2.46 bits per heavy atom. The van der Waals surface area contributed by atoms with E-state index in [9.17, 15) is 15.0 Å². The first-order valence-corrected chi connectivity index (χ1v) is 21.9. The van der Waals surface area contributed by atoms with Crippen LogP contribution in [0.15, 0.2) is 95.0 Å². The number of fused-ring (bicyclic) bond motifs is 3. The SMILES string of the molecule is C=CCO[C@@]12Oc3ccc(Oc4ccc(SC)cc4)cc3[C@H]3[C@H](CCCCO)[C@@H](CCCCO)C=C(C(=NOCC)C[C@@H]1N(Cc1ccc4c(c1)OCO4)C(=O)OC)[C@H]32. The standard InChI is InChI=1S/C46H56N2O10S/c1-5-23-55-46-42(48(45(51)52-3)28-30-13-19-40-41(24-30)54-29-53-40)27-38(47-56-6-2)36-25-31(11-7-9-21-49)35(12-8-10-22-50)43(44(36)46)37-26-33(16-20-39(37)58-46)57-32-14-17-34(59-4)18-15-32/h5,13-20,24-26,31,35,42-44,49-50H,1,6-12,21-23,27-29H2,2-4H3/t31-,35+,42-,43+,44+,46+/m0/s1. The van der Waals surface area contributed by atoms with Crippen molar-refractivity contribution in [3.8, 4) is 28.7 Å². The minimum Gasteiger partial charge on any atom is -0.459 e. The molecule has 0 spiro atoms. The number of amides is 1. The molecular formula is C46H56N2O10S. The van der Waals surface area contributed by atoms with Gasteiger partial charge in [0.15, 0.2) is 11.5 Å². The maximum absolute atomic E-state index is 14.2. The van der Waals surface area contributed by atoms with E-state index in [-0.39, 0.29) is 57.3 Å². The van der Waals surface area contributed by atoms with Gasteiger partial charge in [0.05, 0.1) is 25.3 Å². The number of nitrogens with zero attached hydrogens (tertiary/aromatic N) is 2. The molecule has 2 aliphatic heterocycles. The lowest BCUT2D eigenvalue weighted by Crippen LogP contribution is -2.70. The number of aliphatic hydroxyl groups is 2. The lowest BCUT2D eigenvalue weighted by molar-refractivity contribution is -0.256. The average molecular weight is 829 g/mol. The van der Waals surface area contributed by atoms with E-state index in [1.807, 2.05) is 67.8 Å². The summed E-state index contributed by atoms with van der Waals surface area (Å²) in [5.41, 5.74) is 3.43. The van der Waals surface area contributed by atoms with Crippen molar-refractivity contribution in [2.75, 3.05) is 46.6 Å². The number of oxime groups is 1. The summed E-state index contributed by atoms with van der Waals surface area (Å²) < 4.78 is 37.7. The van der Waals surface area contributed by atoms with E-state index in [0.29, 0.717) is 48.2 Å². The van der Waals surface area contributed by atoms with Gasteiger partial charge in [0.2, 0.25) is 12.6 Å². The van der Waals surface area contributed by atoms with E-state index in [2.05, 4.69) is 18.7 Å². The second kappa shape index (κ2) is 19.6. The van der Waals surface area contributed by atoms with Crippen molar-refractivity contribution in [1.82, 2.24) is 4.90 Å². The fourth-order valence-electron chi connectivity index (χ4n) is 9.29. The molecule has 6 atom stereocenters. The van der Waals surface area contributed by atoms with Crippen LogP contribution in [0.2, 0.25) is 0 Å². The van der Waals surface area contributed by atoms with Crippen LogP contribution in [0.1, 0.15) is 68.9 Å². The Bertz CT molecular complexity index is 1990. The predicted octanol–water partition coefficient (Wildman–Crippen LogP) is 8.85. The Labute approximate surface area is 351 Å². The third-order valence-electron chi connectivity index (χ3n) is 11.8. The second-order valence-electron chi connectivity index (χ2n) is 15.3. The number of unbranched alkanes of at least 4 members (excludes halogenated alkanes) is 2. The molecule has 3 aromatic rings. The summed E-state index contributed by atoms with van der Waals surface area (Å²) in [6.45, 7) is 6.89. The first-order chi connectivity index (χ1) is 28.9. The first-order valence-electron chi connectivity index (χ1n) is 20.6. The summed E-state index contributed by atoms with van der Waals surface area (Å²) in [6.07, 6.45) is 10.4. The minimum absolute atomic E-state index is 0.0620. The number of allylic oxidation sites excluding steroid dienone is 1. The number of aliphatic hydroxyl groups excluding tert-OH is 2. The Hall–Kier alpha value is -4.69. The van der Waals surface area contributed by atoms with E-state index in [1.165, 1.54) is 7.11 Å². The van der Waals surface area contributed by atoms with Gasteiger partial charge in [0.25, 0.3) is 0 Å². The van der Waals surface area contributed by atoms with Gasteiger partial charge in [0.1, 0.15) is 29.9 Å². The van der Waals surface area contributed by atoms with Gasteiger partial charge in [-0.05, 0) is 116 Å². The highest BCUT2D eigenvalue weighted by molar-refractivity contribution is 7.98. The summed E-state index contributed by atoms with van der Waals surface area (Å²) in [4.78, 5) is 22.9. The lowest BCUT2D eigenvalue weighted by atomic mass is 9.55. The van der Waals surface area contributed by atoms with Gasteiger partial charge in [-0.2, -0.15) is 0 Å². The number of methoxy groups -OCH3 is 1. The van der Waals surface area contributed by atoms with Crippen LogP contribution in [-0.2, 0) is 20.9 Å².